The Morgan fingerprint density at radius 3 is 1.64 bits per heavy atom. The van der Waals surface area contributed by atoms with E-state index >= 15 is 0 Å². The zero-order valence-corrected chi connectivity index (χ0v) is 13.7. The van der Waals surface area contributed by atoms with Crippen LogP contribution in [0.5, 0.6) is 0 Å². The molecule has 0 radical (unpaired) electrons. The molecule has 2 aromatic carbocycles. The zero-order chi connectivity index (χ0) is 18.1. The molecule has 1 aliphatic carbocycles. The van der Waals surface area contributed by atoms with Gasteiger partial charge in [0.05, 0.1) is 11.1 Å². The third kappa shape index (κ3) is 3.18. The second-order valence-corrected chi connectivity index (χ2v) is 6.44. The summed E-state index contributed by atoms with van der Waals surface area (Å²) in [5, 5.41) is 18.0. The van der Waals surface area contributed by atoms with Crippen LogP contribution in [0.1, 0.15) is 57.0 Å². The van der Waals surface area contributed by atoms with Crippen LogP contribution in [0.4, 0.5) is 0 Å². The monoisotopic (exact) mass is 338 g/mol. The number of carboxylic acids is 2. The molecule has 0 spiro atoms. The highest BCUT2D eigenvalue weighted by atomic mass is 16.4. The first kappa shape index (κ1) is 16.9. The van der Waals surface area contributed by atoms with Crippen LogP contribution < -0.4 is 0 Å². The summed E-state index contributed by atoms with van der Waals surface area (Å²) in [6.07, 6.45) is 0.715. The molecule has 1 unspecified atom stereocenters. The second kappa shape index (κ2) is 6.51. The largest absolute Gasteiger partial charge is 0.478 e. The van der Waals surface area contributed by atoms with Crippen LogP contribution in [-0.2, 0) is 4.79 Å². The first-order chi connectivity index (χ1) is 11.9. The van der Waals surface area contributed by atoms with Crippen LogP contribution >= 0.6 is 0 Å². The normalized spacial score (nSPS) is 22.0. The molecular formula is C20H18O5. The van der Waals surface area contributed by atoms with Crippen molar-refractivity contribution in [2.75, 3.05) is 0 Å². The number of rotatable bonds is 5. The number of carboxylic acid groups (broad SMARTS) is 2. The van der Waals surface area contributed by atoms with Gasteiger partial charge in [-0.15, -0.1) is 0 Å². The fourth-order valence-electron chi connectivity index (χ4n) is 3.60. The number of Topliss-reactive ketones (excluding diaryl/α,β-unsaturated/α-hetero) is 1. The maximum atomic E-state index is 11.9. The van der Waals surface area contributed by atoms with Crippen molar-refractivity contribution in [2.45, 2.75) is 25.2 Å². The molecule has 1 fully saturated rings. The van der Waals surface area contributed by atoms with Crippen LogP contribution in [0, 0.1) is 5.92 Å². The van der Waals surface area contributed by atoms with Crippen molar-refractivity contribution < 1.29 is 24.6 Å². The van der Waals surface area contributed by atoms with E-state index in [1.54, 1.807) is 55.5 Å². The first-order valence-corrected chi connectivity index (χ1v) is 8.05. The van der Waals surface area contributed by atoms with E-state index in [0.717, 1.165) is 11.1 Å². The van der Waals surface area contributed by atoms with E-state index in [0.29, 0.717) is 6.42 Å². The van der Waals surface area contributed by atoms with Crippen molar-refractivity contribution >= 4 is 17.7 Å². The molecule has 1 aliphatic rings. The molecule has 0 aliphatic heterocycles. The summed E-state index contributed by atoms with van der Waals surface area (Å²) in [7, 11) is 0. The third-order valence-electron chi connectivity index (χ3n) is 5.03. The summed E-state index contributed by atoms with van der Waals surface area (Å²) in [5.74, 6) is -1.83. The fourth-order valence-corrected chi connectivity index (χ4v) is 3.60. The standard InChI is InChI=1S/C20H18O5/c1-11(21)16-10-17(12-2-6-14(7-3-12)19(22)23)18(16)13-4-8-15(9-5-13)20(24)25/h2-9,16-18H,10H2,1H3,(H,22,23)(H,24,25)/t16?,17-,18-/m1/s1. The Labute approximate surface area is 144 Å². The Balaban J connectivity index is 1.90. The van der Waals surface area contributed by atoms with Crippen molar-refractivity contribution in [3.05, 3.63) is 70.8 Å². The highest BCUT2D eigenvalue weighted by Gasteiger charge is 2.44. The minimum absolute atomic E-state index is 0.0176. The van der Waals surface area contributed by atoms with Crippen LogP contribution in [0.2, 0.25) is 0 Å². The molecule has 5 nitrogen and oxygen atoms in total. The van der Waals surface area contributed by atoms with E-state index in [2.05, 4.69) is 0 Å². The Morgan fingerprint density at radius 2 is 1.24 bits per heavy atom. The van der Waals surface area contributed by atoms with Gasteiger partial charge in [-0.2, -0.15) is 0 Å². The maximum absolute atomic E-state index is 11.9. The van der Waals surface area contributed by atoms with Gasteiger partial charge in [0, 0.05) is 11.8 Å². The average molecular weight is 338 g/mol. The maximum Gasteiger partial charge on any atom is 0.335 e. The van der Waals surface area contributed by atoms with E-state index in [1.807, 2.05) is 0 Å². The molecule has 0 aromatic heterocycles. The molecule has 0 heterocycles. The number of carbonyl (C=O) groups is 3. The molecule has 5 heteroatoms. The molecule has 128 valence electrons. The second-order valence-electron chi connectivity index (χ2n) is 6.44. The van der Waals surface area contributed by atoms with Gasteiger partial charge in [-0.3, -0.25) is 4.79 Å². The van der Waals surface area contributed by atoms with Crippen molar-refractivity contribution in [2.24, 2.45) is 5.92 Å². The minimum atomic E-state index is -0.982. The number of aromatic carboxylic acids is 2. The number of carbonyl (C=O) groups excluding carboxylic acids is 1. The van der Waals surface area contributed by atoms with E-state index < -0.39 is 11.9 Å². The molecule has 25 heavy (non-hydrogen) atoms. The molecule has 0 saturated heterocycles. The number of hydrogen-bond acceptors (Lipinski definition) is 3. The quantitative estimate of drug-likeness (QED) is 0.870. The van der Waals surface area contributed by atoms with Crippen molar-refractivity contribution in [1.82, 2.24) is 0 Å². The van der Waals surface area contributed by atoms with E-state index in [4.69, 9.17) is 10.2 Å². The van der Waals surface area contributed by atoms with E-state index in [1.165, 1.54) is 0 Å². The first-order valence-electron chi connectivity index (χ1n) is 8.05. The predicted molar refractivity (Wildman–Crippen MR) is 91.1 cm³/mol. The van der Waals surface area contributed by atoms with Gasteiger partial charge < -0.3 is 10.2 Å². The van der Waals surface area contributed by atoms with Gasteiger partial charge in [-0.25, -0.2) is 9.59 Å². The summed E-state index contributed by atoms with van der Waals surface area (Å²) in [6.45, 7) is 1.58. The summed E-state index contributed by atoms with van der Waals surface area (Å²) in [4.78, 5) is 33.9. The molecule has 2 N–H and O–H groups in total. The van der Waals surface area contributed by atoms with Gasteiger partial charge in [0.1, 0.15) is 5.78 Å². The molecule has 3 atom stereocenters. The number of benzene rings is 2. The Bertz CT molecular complexity index is 820. The van der Waals surface area contributed by atoms with Gasteiger partial charge in [0.25, 0.3) is 0 Å². The summed E-state index contributed by atoms with van der Waals surface area (Å²) in [6, 6.07) is 13.4. The number of hydrogen-bond donors (Lipinski definition) is 2. The Morgan fingerprint density at radius 1 is 0.800 bits per heavy atom. The fraction of sp³-hybridized carbons (Fsp3) is 0.250. The smallest absolute Gasteiger partial charge is 0.335 e. The lowest BCUT2D eigenvalue weighted by atomic mass is 9.58. The van der Waals surface area contributed by atoms with E-state index in [9.17, 15) is 14.4 Å². The summed E-state index contributed by atoms with van der Waals surface area (Å²) >= 11 is 0. The SMILES string of the molecule is CC(=O)C1C[C@H](c2ccc(C(=O)O)cc2)[C@@H]1c1ccc(C(=O)O)cc1. The summed E-state index contributed by atoms with van der Waals surface area (Å²) in [5.41, 5.74) is 2.37. The molecule has 1 saturated carbocycles. The molecule has 2 aromatic rings. The summed E-state index contributed by atoms with van der Waals surface area (Å²) < 4.78 is 0. The van der Waals surface area contributed by atoms with Gasteiger partial charge >= 0.3 is 11.9 Å². The molecule has 3 rings (SSSR count). The van der Waals surface area contributed by atoms with E-state index in [-0.39, 0.29) is 34.7 Å². The van der Waals surface area contributed by atoms with Crippen LogP contribution in [0.25, 0.3) is 0 Å². The minimum Gasteiger partial charge on any atom is -0.478 e. The molecule has 0 bridgehead atoms. The van der Waals surface area contributed by atoms with Gasteiger partial charge in [0.2, 0.25) is 0 Å². The van der Waals surface area contributed by atoms with Crippen LogP contribution in [-0.4, -0.2) is 27.9 Å². The van der Waals surface area contributed by atoms with Gasteiger partial charge in [-0.1, -0.05) is 24.3 Å². The Kier molecular flexibility index (Phi) is 4.40. The van der Waals surface area contributed by atoms with Crippen LogP contribution in [0.15, 0.2) is 48.5 Å². The van der Waals surface area contributed by atoms with Gasteiger partial charge in [0.15, 0.2) is 0 Å². The molecular weight excluding hydrogens is 320 g/mol. The van der Waals surface area contributed by atoms with Crippen LogP contribution in [0.3, 0.4) is 0 Å². The zero-order valence-electron chi connectivity index (χ0n) is 13.7. The highest BCUT2D eigenvalue weighted by Crippen LogP contribution is 2.53. The highest BCUT2D eigenvalue weighted by molar-refractivity contribution is 5.88. The van der Waals surface area contributed by atoms with Crippen molar-refractivity contribution in [3.63, 3.8) is 0 Å². The average Bonchev–Trinajstić information content (AvgIpc) is 2.54. The van der Waals surface area contributed by atoms with Crippen molar-refractivity contribution in [3.8, 4) is 0 Å². The topological polar surface area (TPSA) is 91.7 Å². The van der Waals surface area contributed by atoms with Gasteiger partial charge in [-0.05, 0) is 54.7 Å². The molecule has 0 amide bonds. The number of ketones is 1. The predicted octanol–water partition coefficient (Wildman–Crippen LogP) is 3.56. The lowest BCUT2D eigenvalue weighted by molar-refractivity contribution is -0.124. The van der Waals surface area contributed by atoms with Crippen molar-refractivity contribution in [1.29, 1.82) is 0 Å². The lowest BCUT2D eigenvalue weighted by Gasteiger charge is -2.44. The Hall–Kier alpha value is -2.95. The lowest BCUT2D eigenvalue weighted by Crippen LogP contribution is -2.37. The third-order valence-corrected chi connectivity index (χ3v) is 5.03.